The van der Waals surface area contributed by atoms with Crippen molar-refractivity contribution < 1.29 is 9.18 Å². The molecule has 17 heavy (non-hydrogen) atoms. The Kier molecular flexibility index (Phi) is 3.89. The molecule has 0 atom stereocenters. The SMILES string of the molecule is O=C=Nc1ccc(N2CCCCCC2)c(F)c1. The number of isocyanates is 1. The van der Waals surface area contributed by atoms with Crippen LogP contribution in [-0.2, 0) is 4.79 Å². The van der Waals surface area contributed by atoms with Gasteiger partial charge in [-0.15, -0.1) is 0 Å². The van der Waals surface area contributed by atoms with Gasteiger partial charge in [0.1, 0.15) is 5.82 Å². The molecule has 1 aromatic rings. The zero-order chi connectivity index (χ0) is 12.1. The Balaban J connectivity index is 2.22. The fourth-order valence-corrected chi connectivity index (χ4v) is 2.19. The Morgan fingerprint density at radius 3 is 2.47 bits per heavy atom. The topological polar surface area (TPSA) is 32.7 Å². The minimum Gasteiger partial charge on any atom is -0.369 e. The molecule has 1 aliphatic heterocycles. The van der Waals surface area contributed by atoms with E-state index in [-0.39, 0.29) is 5.82 Å². The van der Waals surface area contributed by atoms with Gasteiger partial charge in [0.2, 0.25) is 6.08 Å². The highest BCUT2D eigenvalue weighted by molar-refractivity contribution is 5.57. The molecule has 0 aromatic heterocycles. The van der Waals surface area contributed by atoms with Gasteiger partial charge in [0.15, 0.2) is 0 Å². The van der Waals surface area contributed by atoms with Crippen LogP contribution in [0.15, 0.2) is 23.2 Å². The van der Waals surface area contributed by atoms with Gasteiger partial charge in [0.25, 0.3) is 0 Å². The van der Waals surface area contributed by atoms with E-state index < -0.39 is 0 Å². The maximum atomic E-state index is 13.9. The number of aliphatic imine (C=N–C) groups is 1. The van der Waals surface area contributed by atoms with Crippen LogP contribution in [-0.4, -0.2) is 19.2 Å². The number of anilines is 1. The molecule has 1 fully saturated rings. The number of rotatable bonds is 2. The lowest BCUT2D eigenvalue weighted by atomic mass is 10.2. The number of hydrogen-bond acceptors (Lipinski definition) is 3. The number of hydrogen-bond donors (Lipinski definition) is 0. The molecule has 0 spiro atoms. The van der Waals surface area contributed by atoms with Crippen LogP contribution in [0.2, 0.25) is 0 Å². The van der Waals surface area contributed by atoms with Crippen molar-refractivity contribution in [2.45, 2.75) is 25.7 Å². The van der Waals surface area contributed by atoms with Crippen LogP contribution in [0.5, 0.6) is 0 Å². The molecule has 4 heteroatoms. The molecule has 0 radical (unpaired) electrons. The third-order valence-corrected chi connectivity index (χ3v) is 3.05. The minimum atomic E-state index is -0.316. The smallest absolute Gasteiger partial charge is 0.240 e. The standard InChI is InChI=1S/C13H15FN2O/c14-12-9-11(15-10-17)5-6-13(12)16-7-3-1-2-4-8-16/h5-6,9H,1-4,7-8H2. The summed E-state index contributed by atoms with van der Waals surface area (Å²) in [6.45, 7) is 1.79. The Morgan fingerprint density at radius 1 is 1.18 bits per heavy atom. The summed E-state index contributed by atoms with van der Waals surface area (Å²) >= 11 is 0. The van der Waals surface area contributed by atoms with Crippen molar-refractivity contribution in [3.63, 3.8) is 0 Å². The first kappa shape index (κ1) is 11.8. The Morgan fingerprint density at radius 2 is 1.88 bits per heavy atom. The summed E-state index contributed by atoms with van der Waals surface area (Å²) in [5, 5.41) is 0. The quantitative estimate of drug-likeness (QED) is 0.581. The number of halogens is 1. The summed E-state index contributed by atoms with van der Waals surface area (Å²) in [5.74, 6) is -0.316. The molecular weight excluding hydrogens is 219 g/mol. The third-order valence-electron chi connectivity index (χ3n) is 3.05. The number of carbonyl (C=O) groups excluding carboxylic acids is 1. The molecule has 1 heterocycles. The van der Waals surface area contributed by atoms with Gasteiger partial charge >= 0.3 is 0 Å². The molecule has 1 aliphatic rings. The van der Waals surface area contributed by atoms with E-state index in [0.29, 0.717) is 11.4 Å². The number of nitrogens with zero attached hydrogens (tertiary/aromatic N) is 2. The van der Waals surface area contributed by atoms with Crippen molar-refractivity contribution in [1.29, 1.82) is 0 Å². The molecular formula is C13H15FN2O. The highest BCUT2D eigenvalue weighted by atomic mass is 19.1. The van der Waals surface area contributed by atoms with Gasteiger partial charge in [-0.25, -0.2) is 9.18 Å². The molecule has 2 rings (SSSR count). The van der Waals surface area contributed by atoms with Crippen molar-refractivity contribution in [3.8, 4) is 0 Å². The van der Waals surface area contributed by atoms with Crippen molar-refractivity contribution >= 4 is 17.5 Å². The molecule has 0 N–H and O–H groups in total. The molecule has 1 aromatic carbocycles. The van der Waals surface area contributed by atoms with Gasteiger partial charge < -0.3 is 4.90 Å². The summed E-state index contributed by atoms with van der Waals surface area (Å²) in [7, 11) is 0. The Bertz CT molecular complexity index is 433. The lowest BCUT2D eigenvalue weighted by molar-refractivity contribution is 0.565. The summed E-state index contributed by atoms with van der Waals surface area (Å²) in [6.07, 6.45) is 6.05. The molecule has 0 saturated carbocycles. The second-order valence-corrected chi connectivity index (χ2v) is 4.24. The van der Waals surface area contributed by atoms with Crippen LogP contribution in [0.3, 0.4) is 0 Å². The van der Waals surface area contributed by atoms with Crippen molar-refractivity contribution in [3.05, 3.63) is 24.0 Å². The highest BCUT2D eigenvalue weighted by Crippen LogP contribution is 2.26. The molecule has 0 unspecified atom stereocenters. The Hall–Kier alpha value is -1.67. The molecule has 0 aliphatic carbocycles. The van der Waals surface area contributed by atoms with Crippen molar-refractivity contribution in [1.82, 2.24) is 0 Å². The first-order valence-corrected chi connectivity index (χ1v) is 5.93. The normalized spacial score (nSPS) is 16.2. The fourth-order valence-electron chi connectivity index (χ4n) is 2.19. The van der Waals surface area contributed by atoms with Crippen LogP contribution in [0.4, 0.5) is 15.8 Å². The largest absolute Gasteiger partial charge is 0.369 e. The second-order valence-electron chi connectivity index (χ2n) is 4.24. The average molecular weight is 234 g/mol. The monoisotopic (exact) mass is 234 g/mol. The summed E-state index contributed by atoms with van der Waals surface area (Å²) in [6, 6.07) is 4.62. The average Bonchev–Trinajstić information content (AvgIpc) is 2.58. The summed E-state index contributed by atoms with van der Waals surface area (Å²) in [4.78, 5) is 15.6. The predicted molar refractivity (Wildman–Crippen MR) is 64.9 cm³/mol. The fraction of sp³-hybridized carbons (Fsp3) is 0.462. The van der Waals surface area contributed by atoms with E-state index in [9.17, 15) is 9.18 Å². The van der Waals surface area contributed by atoms with Crippen LogP contribution in [0, 0.1) is 5.82 Å². The van der Waals surface area contributed by atoms with E-state index in [0.717, 1.165) is 25.9 Å². The van der Waals surface area contributed by atoms with Crippen LogP contribution >= 0.6 is 0 Å². The summed E-state index contributed by atoms with van der Waals surface area (Å²) < 4.78 is 13.9. The van der Waals surface area contributed by atoms with Crippen LogP contribution in [0.1, 0.15) is 25.7 Å². The molecule has 3 nitrogen and oxygen atoms in total. The van der Waals surface area contributed by atoms with E-state index in [4.69, 9.17) is 0 Å². The van der Waals surface area contributed by atoms with E-state index in [2.05, 4.69) is 9.89 Å². The second kappa shape index (κ2) is 5.60. The zero-order valence-electron chi connectivity index (χ0n) is 9.66. The molecule has 0 bridgehead atoms. The molecule has 0 amide bonds. The molecule has 1 saturated heterocycles. The third kappa shape index (κ3) is 2.92. The van der Waals surface area contributed by atoms with E-state index in [1.54, 1.807) is 12.1 Å². The van der Waals surface area contributed by atoms with Gasteiger partial charge in [-0.3, -0.25) is 0 Å². The van der Waals surface area contributed by atoms with Crippen LogP contribution in [0.25, 0.3) is 0 Å². The first-order valence-electron chi connectivity index (χ1n) is 5.93. The van der Waals surface area contributed by atoms with Crippen molar-refractivity contribution in [2.24, 2.45) is 4.99 Å². The van der Waals surface area contributed by atoms with E-state index in [1.807, 2.05) is 0 Å². The highest BCUT2D eigenvalue weighted by Gasteiger charge is 2.13. The van der Waals surface area contributed by atoms with Gasteiger partial charge in [-0.2, -0.15) is 4.99 Å². The number of benzene rings is 1. The lowest BCUT2D eigenvalue weighted by Gasteiger charge is -2.23. The predicted octanol–water partition coefficient (Wildman–Crippen LogP) is 3.17. The summed E-state index contributed by atoms with van der Waals surface area (Å²) in [5.41, 5.74) is 0.924. The van der Waals surface area contributed by atoms with E-state index >= 15 is 0 Å². The minimum absolute atomic E-state index is 0.316. The lowest BCUT2D eigenvalue weighted by Crippen LogP contribution is -2.24. The van der Waals surface area contributed by atoms with Gasteiger partial charge in [0.05, 0.1) is 11.4 Å². The molecule has 90 valence electrons. The maximum absolute atomic E-state index is 13.9. The maximum Gasteiger partial charge on any atom is 0.240 e. The Labute approximate surface area is 100.0 Å². The van der Waals surface area contributed by atoms with Gasteiger partial charge in [-0.05, 0) is 25.0 Å². The van der Waals surface area contributed by atoms with Gasteiger partial charge in [0, 0.05) is 19.2 Å². The first-order chi connectivity index (χ1) is 8.31. The van der Waals surface area contributed by atoms with E-state index in [1.165, 1.54) is 25.0 Å². The van der Waals surface area contributed by atoms with Crippen LogP contribution < -0.4 is 4.90 Å². The van der Waals surface area contributed by atoms with Gasteiger partial charge in [-0.1, -0.05) is 12.8 Å². The zero-order valence-corrected chi connectivity index (χ0v) is 9.66. The van der Waals surface area contributed by atoms with Crippen molar-refractivity contribution in [2.75, 3.05) is 18.0 Å².